The Kier molecular flexibility index (Phi) is 18.0. The molecule has 1 fully saturated rings. The van der Waals surface area contributed by atoms with E-state index in [1.54, 1.807) is 7.11 Å². The number of benzene rings is 3. The predicted octanol–water partition coefficient (Wildman–Crippen LogP) is 6.81. The van der Waals surface area contributed by atoms with Crippen LogP contribution in [0.1, 0.15) is 60.2 Å². The van der Waals surface area contributed by atoms with E-state index in [-0.39, 0.29) is 58.7 Å². The third kappa shape index (κ3) is 12.7. The van der Waals surface area contributed by atoms with Crippen LogP contribution in [0.2, 0.25) is 10.0 Å². The van der Waals surface area contributed by atoms with Crippen molar-refractivity contribution < 1.29 is 56.3 Å². The molecule has 16 heteroatoms. The molecule has 12 nitrogen and oxygen atoms in total. The van der Waals surface area contributed by atoms with Gasteiger partial charge in [-0.15, -0.1) is 0 Å². The van der Waals surface area contributed by atoms with Crippen LogP contribution in [0.3, 0.4) is 0 Å². The molecule has 1 heterocycles. The molecule has 4 atom stereocenters. The van der Waals surface area contributed by atoms with Gasteiger partial charge in [0.1, 0.15) is 29.4 Å². The van der Waals surface area contributed by atoms with Crippen molar-refractivity contribution in [3.05, 3.63) is 98.5 Å². The van der Waals surface area contributed by atoms with Gasteiger partial charge in [-0.1, -0.05) is 68.2 Å². The predicted molar refractivity (Wildman–Crippen MR) is 215 cm³/mol. The third-order valence-electron chi connectivity index (χ3n) is 9.67. The number of nitriles is 1. The van der Waals surface area contributed by atoms with Gasteiger partial charge < -0.3 is 38.5 Å². The SMILES string of the molecule is COCCOCCOCCOCCOC(=O)COC(=O)c1ccc(CC(=O)[C@@H]2N[C@@H](CC(C)(C)C)[C@](C#N)(c3ccc(Cl)cc3F)[C@H]2c2cccc(Cl)c2F)c(OC)c1. The maximum absolute atomic E-state index is 16.1. The van der Waals surface area contributed by atoms with Gasteiger partial charge in [0.2, 0.25) is 0 Å². The fourth-order valence-electron chi connectivity index (χ4n) is 7.07. The second kappa shape index (κ2) is 22.4. The van der Waals surface area contributed by atoms with Crippen LogP contribution >= 0.6 is 23.2 Å². The first-order chi connectivity index (χ1) is 28.2. The molecule has 1 saturated heterocycles. The van der Waals surface area contributed by atoms with Crippen molar-refractivity contribution >= 4 is 40.9 Å². The first-order valence-corrected chi connectivity index (χ1v) is 19.7. The Morgan fingerprint density at radius 3 is 2.14 bits per heavy atom. The molecule has 0 aliphatic carbocycles. The number of Topliss-reactive ketones (excluding diaryl/α,β-unsaturated/α-hetero) is 1. The molecule has 1 aliphatic rings. The summed E-state index contributed by atoms with van der Waals surface area (Å²) < 4.78 is 68.7. The van der Waals surface area contributed by atoms with Gasteiger partial charge in [-0.2, -0.15) is 5.26 Å². The number of hydrogen-bond acceptors (Lipinski definition) is 12. The Hall–Kier alpha value is -4.20. The number of ketones is 1. The van der Waals surface area contributed by atoms with Crippen molar-refractivity contribution in [1.29, 1.82) is 5.26 Å². The van der Waals surface area contributed by atoms with E-state index in [1.165, 1.54) is 55.6 Å². The first-order valence-electron chi connectivity index (χ1n) is 19.0. The summed E-state index contributed by atoms with van der Waals surface area (Å²) in [5.41, 5.74) is -1.90. The van der Waals surface area contributed by atoms with Crippen LogP contribution in [0.4, 0.5) is 8.78 Å². The largest absolute Gasteiger partial charge is 0.496 e. The maximum Gasteiger partial charge on any atom is 0.344 e. The zero-order valence-electron chi connectivity index (χ0n) is 33.7. The van der Waals surface area contributed by atoms with E-state index in [0.717, 1.165) is 6.07 Å². The molecular weight excluding hydrogens is 813 g/mol. The second-order valence-electron chi connectivity index (χ2n) is 15.0. The molecule has 0 unspecified atom stereocenters. The first kappa shape index (κ1) is 47.5. The van der Waals surface area contributed by atoms with E-state index >= 15 is 8.78 Å². The normalized spacial score (nSPS) is 18.9. The molecule has 0 aromatic heterocycles. The zero-order chi connectivity index (χ0) is 43.2. The number of carbonyl (C=O) groups is 3. The van der Waals surface area contributed by atoms with E-state index in [0.29, 0.717) is 45.0 Å². The highest BCUT2D eigenvalue weighted by Crippen LogP contribution is 2.53. The Morgan fingerprint density at radius 2 is 1.53 bits per heavy atom. The van der Waals surface area contributed by atoms with E-state index < -0.39 is 64.8 Å². The van der Waals surface area contributed by atoms with Crippen molar-refractivity contribution in [3.8, 4) is 11.8 Å². The molecule has 0 spiro atoms. The molecule has 4 rings (SSSR count). The molecular formula is C43H50Cl2F2N2O10. The summed E-state index contributed by atoms with van der Waals surface area (Å²) in [4.78, 5) is 39.6. The number of halogens is 4. The van der Waals surface area contributed by atoms with Gasteiger partial charge in [0, 0.05) is 41.6 Å². The van der Waals surface area contributed by atoms with Crippen molar-refractivity contribution in [2.45, 2.75) is 57.0 Å². The number of nitrogens with one attached hydrogen (secondary N) is 1. The number of ether oxygens (including phenoxy) is 7. The van der Waals surface area contributed by atoms with Gasteiger partial charge in [0.15, 0.2) is 12.4 Å². The molecule has 3 aromatic carbocycles. The lowest BCUT2D eigenvalue weighted by molar-refractivity contribution is -0.148. The number of hydrogen-bond donors (Lipinski definition) is 1. The van der Waals surface area contributed by atoms with Crippen molar-refractivity contribution in [3.63, 3.8) is 0 Å². The second-order valence-corrected chi connectivity index (χ2v) is 15.8. The fourth-order valence-corrected chi connectivity index (χ4v) is 7.41. The van der Waals surface area contributed by atoms with Crippen LogP contribution in [0.25, 0.3) is 0 Å². The molecule has 3 aromatic rings. The highest BCUT2D eigenvalue weighted by molar-refractivity contribution is 6.31. The smallest absolute Gasteiger partial charge is 0.344 e. The van der Waals surface area contributed by atoms with Gasteiger partial charge in [-0.3, -0.25) is 4.79 Å². The Balaban J connectivity index is 1.46. The van der Waals surface area contributed by atoms with Crippen LogP contribution in [0.5, 0.6) is 5.75 Å². The molecule has 0 saturated carbocycles. The molecule has 0 amide bonds. The summed E-state index contributed by atoms with van der Waals surface area (Å²) in [6, 6.07) is 12.8. The lowest BCUT2D eigenvalue weighted by Gasteiger charge is -2.37. The van der Waals surface area contributed by atoms with Crippen LogP contribution < -0.4 is 10.1 Å². The van der Waals surface area contributed by atoms with Crippen molar-refractivity contribution in [1.82, 2.24) is 5.32 Å². The Labute approximate surface area is 353 Å². The third-order valence-corrected chi connectivity index (χ3v) is 10.2. The summed E-state index contributed by atoms with van der Waals surface area (Å²) in [7, 11) is 2.94. The molecule has 59 heavy (non-hydrogen) atoms. The van der Waals surface area contributed by atoms with Crippen LogP contribution in [-0.2, 0) is 49.8 Å². The van der Waals surface area contributed by atoms with E-state index in [9.17, 15) is 19.6 Å². The minimum Gasteiger partial charge on any atom is -0.496 e. The Bertz CT molecular complexity index is 1960. The van der Waals surface area contributed by atoms with Crippen LogP contribution in [0, 0.1) is 28.4 Å². The van der Waals surface area contributed by atoms with Crippen LogP contribution in [0.15, 0.2) is 54.6 Å². The summed E-state index contributed by atoms with van der Waals surface area (Å²) >= 11 is 12.4. The van der Waals surface area contributed by atoms with Crippen molar-refractivity contribution in [2.75, 3.05) is 73.7 Å². The lowest BCUT2D eigenvalue weighted by atomic mass is 9.62. The highest BCUT2D eigenvalue weighted by Gasteiger charge is 2.61. The molecule has 1 N–H and O–H groups in total. The minimum absolute atomic E-state index is 0.0306. The van der Waals surface area contributed by atoms with E-state index in [1.807, 2.05) is 20.8 Å². The number of carbonyl (C=O) groups excluding carboxylic acids is 3. The van der Waals surface area contributed by atoms with Crippen molar-refractivity contribution in [2.24, 2.45) is 5.41 Å². The van der Waals surface area contributed by atoms with Crippen LogP contribution in [-0.4, -0.2) is 103 Å². The monoisotopic (exact) mass is 862 g/mol. The minimum atomic E-state index is -1.80. The number of methoxy groups -OCH3 is 2. The Morgan fingerprint density at radius 1 is 0.864 bits per heavy atom. The van der Waals surface area contributed by atoms with E-state index in [2.05, 4.69) is 11.4 Å². The molecule has 0 bridgehead atoms. The molecule has 0 radical (unpaired) electrons. The van der Waals surface area contributed by atoms with Gasteiger partial charge >= 0.3 is 11.9 Å². The highest BCUT2D eigenvalue weighted by atomic mass is 35.5. The summed E-state index contributed by atoms with van der Waals surface area (Å²) in [6.45, 7) is 7.68. The summed E-state index contributed by atoms with van der Waals surface area (Å²) in [5, 5.41) is 14.3. The molecule has 320 valence electrons. The summed E-state index contributed by atoms with van der Waals surface area (Å²) in [6.07, 6.45) is 0.0145. The van der Waals surface area contributed by atoms with Gasteiger partial charge in [0.05, 0.1) is 76.1 Å². The maximum atomic E-state index is 16.1. The van der Waals surface area contributed by atoms with Gasteiger partial charge in [-0.25, -0.2) is 18.4 Å². The topological polar surface area (TPSA) is 152 Å². The average molecular weight is 864 g/mol. The number of rotatable bonds is 22. The standard InChI is InChI=1S/C43H50Cl2F2N2O10/c1-42(2,3)24-36-43(26-48,31-12-11-29(44)23-33(31)46)38(30-7-6-8-32(45)39(30)47)40(49-36)34(50)21-27-9-10-28(22-35(27)54-5)41(52)59-25-37(51)58-20-19-57-18-17-56-16-15-55-14-13-53-4/h6-12,22-23,36,38,40,49H,13-21,24-25H2,1-5H3/t36-,38-,40-,43-/m0/s1. The number of nitrogens with zero attached hydrogens (tertiary/aromatic N) is 1. The quantitative estimate of drug-likeness (QED) is 0.0835. The van der Waals surface area contributed by atoms with E-state index in [4.69, 9.17) is 56.4 Å². The number of esters is 2. The van der Waals surface area contributed by atoms with Gasteiger partial charge in [-0.05, 0) is 47.7 Å². The summed E-state index contributed by atoms with van der Waals surface area (Å²) in [5.74, 6) is -4.80. The molecule has 1 aliphatic heterocycles. The average Bonchev–Trinajstić information content (AvgIpc) is 3.51. The lowest BCUT2D eigenvalue weighted by Crippen LogP contribution is -2.44. The van der Waals surface area contributed by atoms with Gasteiger partial charge in [0.25, 0.3) is 0 Å². The zero-order valence-corrected chi connectivity index (χ0v) is 35.3. The fraction of sp³-hybridized carbons (Fsp3) is 0.488.